The molecule has 176 valence electrons. The van der Waals surface area contributed by atoms with Gasteiger partial charge in [-0.1, -0.05) is 48.5 Å². The van der Waals surface area contributed by atoms with E-state index in [1.54, 1.807) is 35.6 Å². The van der Waals surface area contributed by atoms with Crippen LogP contribution in [0.2, 0.25) is 0 Å². The Kier molecular flexibility index (Phi) is 7.35. The summed E-state index contributed by atoms with van der Waals surface area (Å²) in [5, 5.41) is 9.76. The van der Waals surface area contributed by atoms with Crippen LogP contribution in [-0.4, -0.2) is 28.8 Å². The fraction of sp³-hybridized carbons (Fsp3) is 0.185. The molecule has 4 aromatic rings. The van der Waals surface area contributed by atoms with Gasteiger partial charge in [0.2, 0.25) is 0 Å². The zero-order chi connectivity index (χ0) is 24.0. The van der Waals surface area contributed by atoms with E-state index in [1.165, 1.54) is 0 Å². The first-order valence-electron chi connectivity index (χ1n) is 10.8. The van der Waals surface area contributed by atoms with Crippen LogP contribution < -0.4 is 4.74 Å². The highest BCUT2D eigenvalue weighted by Gasteiger charge is 2.39. The number of hydrogen-bond donors (Lipinski definition) is 1. The maximum Gasteiger partial charge on any atom is 0.415 e. The largest absolute Gasteiger partial charge is 0.472 e. The first-order chi connectivity index (χ1) is 16.4. The van der Waals surface area contributed by atoms with Crippen LogP contribution in [0.4, 0.5) is 13.2 Å². The van der Waals surface area contributed by atoms with Crippen LogP contribution in [0.1, 0.15) is 11.1 Å². The number of halogens is 3. The van der Waals surface area contributed by atoms with Gasteiger partial charge >= 0.3 is 6.18 Å². The molecule has 0 fully saturated rings. The highest BCUT2D eigenvalue weighted by molar-refractivity contribution is 5.62. The average molecular weight is 467 g/mol. The molecule has 0 amide bonds. The molecular formula is C27H24F3NO3. The third kappa shape index (κ3) is 6.50. The van der Waals surface area contributed by atoms with Crippen LogP contribution >= 0.6 is 0 Å². The Morgan fingerprint density at radius 2 is 1.47 bits per heavy atom. The number of hydrogen-bond acceptors (Lipinski definition) is 4. The smallest absolute Gasteiger partial charge is 0.415 e. The lowest BCUT2D eigenvalue weighted by Crippen LogP contribution is -2.40. The van der Waals surface area contributed by atoms with Gasteiger partial charge in [0, 0.05) is 25.2 Å². The zero-order valence-corrected chi connectivity index (χ0v) is 18.3. The molecule has 4 nitrogen and oxygen atoms in total. The average Bonchev–Trinajstić information content (AvgIpc) is 3.35. The van der Waals surface area contributed by atoms with Gasteiger partial charge in [-0.3, -0.25) is 4.90 Å². The number of rotatable bonds is 9. The fourth-order valence-corrected chi connectivity index (χ4v) is 3.66. The molecule has 1 N–H and O–H groups in total. The maximum atomic E-state index is 13.1. The first-order valence-corrected chi connectivity index (χ1v) is 10.8. The molecule has 0 aliphatic heterocycles. The summed E-state index contributed by atoms with van der Waals surface area (Å²) in [5.74, 6) is 1.25. The lowest BCUT2D eigenvalue weighted by Gasteiger charge is -2.26. The van der Waals surface area contributed by atoms with Crippen molar-refractivity contribution < 1.29 is 27.4 Å². The van der Waals surface area contributed by atoms with Crippen LogP contribution in [0.5, 0.6) is 11.5 Å². The topological polar surface area (TPSA) is 45.8 Å². The molecular weight excluding hydrogens is 443 g/mol. The summed E-state index contributed by atoms with van der Waals surface area (Å²) in [5.41, 5.74) is 3.38. The Hall–Kier alpha value is -3.55. The highest BCUT2D eigenvalue weighted by Crippen LogP contribution is 2.26. The van der Waals surface area contributed by atoms with Gasteiger partial charge in [-0.15, -0.1) is 0 Å². The minimum atomic E-state index is -4.70. The van der Waals surface area contributed by atoms with E-state index in [-0.39, 0.29) is 13.1 Å². The quantitative estimate of drug-likeness (QED) is 0.299. The van der Waals surface area contributed by atoms with Crippen molar-refractivity contribution in [2.24, 2.45) is 0 Å². The van der Waals surface area contributed by atoms with Crippen molar-refractivity contribution in [1.29, 1.82) is 0 Å². The van der Waals surface area contributed by atoms with Gasteiger partial charge in [-0.25, -0.2) is 0 Å². The second-order valence-electron chi connectivity index (χ2n) is 8.00. The van der Waals surface area contributed by atoms with Crippen molar-refractivity contribution >= 4 is 0 Å². The minimum Gasteiger partial charge on any atom is -0.472 e. The highest BCUT2D eigenvalue weighted by atomic mass is 19.4. The van der Waals surface area contributed by atoms with Crippen LogP contribution in [-0.2, 0) is 13.1 Å². The van der Waals surface area contributed by atoms with Crippen molar-refractivity contribution in [3.05, 3.63) is 109 Å². The SMILES string of the molecule is OC(CN(Cc1cccc(Oc2ccccc2)c1)Cc1cccc(-c2ccoc2)c1)C(F)(F)F. The molecule has 4 rings (SSSR count). The normalized spacial score (nSPS) is 12.6. The third-order valence-corrected chi connectivity index (χ3v) is 5.28. The molecule has 0 aliphatic rings. The van der Waals surface area contributed by atoms with E-state index in [1.807, 2.05) is 66.7 Å². The summed E-state index contributed by atoms with van der Waals surface area (Å²) >= 11 is 0. The van der Waals surface area contributed by atoms with Crippen molar-refractivity contribution in [3.63, 3.8) is 0 Å². The molecule has 0 radical (unpaired) electrons. The molecule has 0 saturated carbocycles. The van der Waals surface area contributed by atoms with Gasteiger partial charge in [0.25, 0.3) is 0 Å². The summed E-state index contributed by atoms with van der Waals surface area (Å²) in [7, 11) is 0. The lowest BCUT2D eigenvalue weighted by atomic mass is 10.1. The number of para-hydroxylation sites is 1. The van der Waals surface area contributed by atoms with Crippen molar-refractivity contribution in [3.8, 4) is 22.6 Å². The molecule has 3 aromatic carbocycles. The molecule has 1 aromatic heterocycles. The second kappa shape index (κ2) is 10.6. The lowest BCUT2D eigenvalue weighted by molar-refractivity contribution is -0.208. The van der Waals surface area contributed by atoms with E-state index in [9.17, 15) is 18.3 Å². The van der Waals surface area contributed by atoms with Crippen LogP contribution in [0, 0.1) is 0 Å². The van der Waals surface area contributed by atoms with Crippen molar-refractivity contribution in [1.82, 2.24) is 4.90 Å². The standard InChI is InChI=1S/C27H24F3NO3/c28-27(29,30)26(32)18-31(16-20-6-4-8-22(14-20)23-12-13-33-19-23)17-21-7-5-11-25(15-21)34-24-9-2-1-3-10-24/h1-15,19,26,32H,16-18H2. The Morgan fingerprint density at radius 1 is 0.794 bits per heavy atom. The van der Waals surface area contributed by atoms with E-state index in [2.05, 4.69) is 0 Å². The van der Waals surface area contributed by atoms with Crippen molar-refractivity contribution in [2.45, 2.75) is 25.4 Å². The monoisotopic (exact) mass is 467 g/mol. The van der Waals surface area contributed by atoms with Gasteiger partial charge < -0.3 is 14.3 Å². The number of aliphatic hydroxyl groups is 1. The number of furan rings is 1. The van der Waals surface area contributed by atoms with Gasteiger partial charge in [0.05, 0.1) is 12.5 Å². The number of ether oxygens (including phenoxy) is 1. The van der Waals surface area contributed by atoms with Crippen LogP contribution in [0.15, 0.2) is 102 Å². The summed E-state index contributed by atoms with van der Waals surface area (Å²) < 4.78 is 50.4. The van der Waals surface area contributed by atoms with Crippen LogP contribution in [0.25, 0.3) is 11.1 Å². The molecule has 1 unspecified atom stereocenters. The van der Waals surface area contributed by atoms with Gasteiger partial charge in [0.15, 0.2) is 6.10 Å². The number of nitrogens with zero attached hydrogens (tertiary/aromatic N) is 1. The first kappa shape index (κ1) is 23.6. The Morgan fingerprint density at radius 3 is 2.15 bits per heavy atom. The second-order valence-corrected chi connectivity index (χ2v) is 8.00. The number of benzene rings is 3. The molecule has 0 aliphatic carbocycles. The van der Waals surface area contributed by atoms with Gasteiger partial charge in [0.1, 0.15) is 11.5 Å². The number of alkyl halides is 3. The third-order valence-electron chi connectivity index (χ3n) is 5.28. The summed E-state index contributed by atoms with van der Waals surface area (Å²) in [4.78, 5) is 1.58. The fourth-order valence-electron chi connectivity index (χ4n) is 3.66. The Labute approximate surface area is 195 Å². The molecule has 0 bridgehead atoms. The Bertz CT molecular complexity index is 1180. The maximum absolute atomic E-state index is 13.1. The van der Waals surface area contributed by atoms with Crippen LogP contribution in [0.3, 0.4) is 0 Å². The predicted octanol–water partition coefficient (Wildman–Crippen LogP) is 6.66. The minimum absolute atomic E-state index is 0.203. The van der Waals surface area contributed by atoms with E-state index in [4.69, 9.17) is 9.15 Å². The molecule has 7 heteroatoms. The molecule has 0 spiro atoms. The van der Waals surface area contributed by atoms with E-state index in [0.717, 1.165) is 22.3 Å². The molecule has 1 heterocycles. The van der Waals surface area contributed by atoms with Gasteiger partial charge in [-0.2, -0.15) is 13.2 Å². The molecule has 1 atom stereocenters. The van der Waals surface area contributed by atoms with Gasteiger partial charge in [-0.05, 0) is 53.1 Å². The Balaban J connectivity index is 1.53. The predicted molar refractivity (Wildman–Crippen MR) is 123 cm³/mol. The summed E-state index contributed by atoms with van der Waals surface area (Å²) in [6.07, 6.45) is -3.97. The molecule has 34 heavy (non-hydrogen) atoms. The summed E-state index contributed by atoms with van der Waals surface area (Å²) in [6.45, 7) is -0.124. The zero-order valence-electron chi connectivity index (χ0n) is 18.3. The van der Waals surface area contributed by atoms with E-state index >= 15 is 0 Å². The summed E-state index contributed by atoms with van der Waals surface area (Å²) in [6, 6.07) is 25.8. The van der Waals surface area contributed by atoms with E-state index < -0.39 is 18.8 Å². The number of aliphatic hydroxyl groups excluding tert-OH is 1. The molecule has 0 saturated heterocycles. The van der Waals surface area contributed by atoms with Crippen molar-refractivity contribution in [2.75, 3.05) is 6.54 Å². The van der Waals surface area contributed by atoms with E-state index in [0.29, 0.717) is 11.5 Å².